The quantitative estimate of drug-likeness (QED) is 0.830. The van der Waals surface area contributed by atoms with Gasteiger partial charge in [0.25, 0.3) is 0 Å². The summed E-state index contributed by atoms with van der Waals surface area (Å²) >= 11 is 0. The minimum absolute atomic E-state index is 0.0365. The molecule has 0 radical (unpaired) electrons. The molecular formula is C18H23NO5. The normalized spacial score (nSPS) is 16.3. The lowest BCUT2D eigenvalue weighted by Gasteiger charge is -2.30. The Morgan fingerprint density at radius 1 is 1.25 bits per heavy atom. The number of ketones is 1. The fourth-order valence-corrected chi connectivity index (χ4v) is 2.67. The van der Waals surface area contributed by atoms with E-state index in [2.05, 4.69) is 0 Å². The van der Waals surface area contributed by atoms with Gasteiger partial charge in [0.05, 0.1) is 5.69 Å². The number of amides is 2. The molecule has 24 heavy (non-hydrogen) atoms. The summed E-state index contributed by atoms with van der Waals surface area (Å²) in [6, 6.07) is 4.64. The fourth-order valence-electron chi connectivity index (χ4n) is 2.67. The number of ether oxygens (including phenoxy) is 1. The van der Waals surface area contributed by atoms with Gasteiger partial charge in [-0.2, -0.15) is 4.90 Å². The highest BCUT2D eigenvalue weighted by atomic mass is 16.6. The van der Waals surface area contributed by atoms with Gasteiger partial charge in [-0.25, -0.2) is 9.59 Å². The first-order chi connectivity index (χ1) is 10.9. The number of nitrogens with zero attached hydrogens (tertiary/aromatic N) is 1. The molecule has 0 fully saturated rings. The second-order valence-electron chi connectivity index (χ2n) is 7.65. The first-order valence-electron chi connectivity index (χ1n) is 7.86. The van der Waals surface area contributed by atoms with Crippen molar-refractivity contribution in [3.05, 3.63) is 29.3 Å². The summed E-state index contributed by atoms with van der Waals surface area (Å²) in [5, 5.41) is 9.39. The van der Waals surface area contributed by atoms with Crippen LogP contribution < -0.4 is 4.90 Å². The lowest BCUT2D eigenvalue weighted by molar-refractivity contribution is 0.0582. The molecule has 0 spiro atoms. The monoisotopic (exact) mass is 333 g/mol. The number of carbonyl (C=O) groups is 3. The Morgan fingerprint density at radius 3 is 2.42 bits per heavy atom. The van der Waals surface area contributed by atoms with Crippen LogP contribution >= 0.6 is 0 Å². The van der Waals surface area contributed by atoms with Crippen LogP contribution in [0.4, 0.5) is 15.3 Å². The van der Waals surface area contributed by atoms with Crippen molar-refractivity contribution in [1.82, 2.24) is 0 Å². The molecule has 1 aromatic rings. The molecule has 1 aliphatic rings. The van der Waals surface area contributed by atoms with Crippen LogP contribution in [0.15, 0.2) is 18.2 Å². The molecule has 2 rings (SSSR count). The van der Waals surface area contributed by atoms with Gasteiger partial charge in [-0.05, 0) is 57.4 Å². The third-order valence-corrected chi connectivity index (χ3v) is 3.99. The van der Waals surface area contributed by atoms with Gasteiger partial charge in [-0.3, -0.25) is 4.79 Å². The van der Waals surface area contributed by atoms with E-state index in [4.69, 9.17) is 4.74 Å². The van der Waals surface area contributed by atoms with E-state index in [1.165, 1.54) is 6.07 Å². The average Bonchev–Trinajstić information content (AvgIpc) is 2.41. The van der Waals surface area contributed by atoms with Crippen molar-refractivity contribution in [1.29, 1.82) is 0 Å². The third-order valence-electron chi connectivity index (χ3n) is 3.99. The molecule has 0 aromatic heterocycles. The Balaban J connectivity index is 2.39. The molecule has 1 aromatic carbocycles. The van der Waals surface area contributed by atoms with Crippen molar-refractivity contribution in [3.8, 4) is 0 Å². The van der Waals surface area contributed by atoms with E-state index in [1.807, 2.05) is 13.8 Å². The zero-order valence-corrected chi connectivity index (χ0v) is 14.7. The number of aryl methyl sites for hydroxylation is 1. The van der Waals surface area contributed by atoms with Gasteiger partial charge in [0, 0.05) is 11.0 Å². The van der Waals surface area contributed by atoms with Crippen LogP contribution in [0.3, 0.4) is 0 Å². The Kier molecular flexibility index (Phi) is 4.44. The van der Waals surface area contributed by atoms with Crippen molar-refractivity contribution in [2.75, 3.05) is 4.90 Å². The van der Waals surface area contributed by atoms with E-state index in [0.29, 0.717) is 23.3 Å². The maximum absolute atomic E-state index is 12.5. The lowest BCUT2D eigenvalue weighted by Crippen LogP contribution is -2.40. The van der Waals surface area contributed by atoms with Gasteiger partial charge < -0.3 is 9.84 Å². The molecule has 0 saturated heterocycles. The predicted octanol–water partition coefficient (Wildman–Crippen LogP) is 4.26. The number of carbonyl (C=O) groups excluding carboxylic acids is 2. The summed E-state index contributed by atoms with van der Waals surface area (Å²) in [6.07, 6.45) is -1.05. The van der Waals surface area contributed by atoms with Crippen molar-refractivity contribution < 1.29 is 24.2 Å². The Morgan fingerprint density at radius 2 is 1.88 bits per heavy atom. The molecule has 0 saturated carbocycles. The van der Waals surface area contributed by atoms with E-state index in [0.717, 1.165) is 5.56 Å². The van der Waals surface area contributed by atoms with Crippen LogP contribution in [0, 0.1) is 5.41 Å². The first kappa shape index (κ1) is 18.0. The maximum Gasteiger partial charge on any atom is 0.424 e. The smallest absolute Gasteiger partial charge is 0.424 e. The predicted molar refractivity (Wildman–Crippen MR) is 89.6 cm³/mol. The van der Waals surface area contributed by atoms with E-state index in [9.17, 15) is 19.5 Å². The van der Waals surface area contributed by atoms with E-state index in [-0.39, 0.29) is 11.5 Å². The van der Waals surface area contributed by atoms with E-state index < -0.39 is 23.2 Å². The van der Waals surface area contributed by atoms with Crippen molar-refractivity contribution in [2.45, 2.75) is 53.1 Å². The van der Waals surface area contributed by atoms with Gasteiger partial charge in [0.1, 0.15) is 5.60 Å². The van der Waals surface area contributed by atoms with Crippen LogP contribution in [-0.2, 0) is 11.2 Å². The fraction of sp³-hybridized carbons (Fsp3) is 0.500. The molecule has 0 atom stereocenters. The molecule has 2 amide bonds. The van der Waals surface area contributed by atoms with E-state index in [1.54, 1.807) is 32.9 Å². The minimum atomic E-state index is -1.42. The zero-order valence-electron chi connectivity index (χ0n) is 14.7. The largest absolute Gasteiger partial charge is 0.464 e. The molecular weight excluding hydrogens is 310 g/mol. The van der Waals surface area contributed by atoms with E-state index >= 15 is 0 Å². The number of rotatable bonds is 1. The number of hydrogen-bond acceptors (Lipinski definition) is 4. The summed E-state index contributed by atoms with van der Waals surface area (Å²) in [7, 11) is 0. The van der Waals surface area contributed by atoms with Gasteiger partial charge >= 0.3 is 12.2 Å². The molecule has 6 nitrogen and oxygen atoms in total. The minimum Gasteiger partial charge on any atom is -0.464 e. The van der Waals surface area contributed by atoms with Crippen LogP contribution in [0.2, 0.25) is 0 Å². The highest BCUT2D eigenvalue weighted by molar-refractivity contribution is 6.09. The summed E-state index contributed by atoms with van der Waals surface area (Å²) in [5.74, 6) is 0.0365. The number of benzene rings is 1. The van der Waals surface area contributed by atoms with Crippen LogP contribution in [0.25, 0.3) is 0 Å². The van der Waals surface area contributed by atoms with Crippen molar-refractivity contribution >= 4 is 23.7 Å². The highest BCUT2D eigenvalue weighted by Crippen LogP contribution is 2.36. The molecule has 0 bridgehead atoms. The number of anilines is 1. The molecule has 1 N–H and O–H groups in total. The average molecular weight is 333 g/mol. The molecule has 0 unspecified atom stereocenters. The number of fused-ring (bicyclic) bond motifs is 1. The standard InChI is InChI=1S/C18H23NO5/c1-17(2,3)24-16(23)19(15(21)22)12-6-7-13-11(10-12)8-9-18(4,5)14(13)20/h6-7,10H,8-9H2,1-5H3,(H,21,22). The molecule has 1 aliphatic carbocycles. The number of carboxylic acid groups (broad SMARTS) is 1. The summed E-state index contributed by atoms with van der Waals surface area (Å²) < 4.78 is 5.15. The van der Waals surface area contributed by atoms with Gasteiger partial charge in [-0.1, -0.05) is 13.8 Å². The Hall–Kier alpha value is -2.37. The molecule has 130 valence electrons. The molecule has 6 heteroatoms. The maximum atomic E-state index is 12.5. The van der Waals surface area contributed by atoms with Crippen LogP contribution in [0.5, 0.6) is 0 Å². The molecule has 0 aliphatic heterocycles. The zero-order chi connectivity index (χ0) is 18.3. The third kappa shape index (κ3) is 3.58. The second-order valence-corrected chi connectivity index (χ2v) is 7.65. The first-order valence-corrected chi connectivity index (χ1v) is 7.86. The van der Waals surface area contributed by atoms with Crippen molar-refractivity contribution in [2.24, 2.45) is 5.41 Å². The summed E-state index contributed by atoms with van der Waals surface area (Å²) in [5.41, 5.74) is 0.296. The number of Topliss-reactive ketones (excluding diaryl/α,β-unsaturated/α-hetero) is 1. The number of hydrogen-bond donors (Lipinski definition) is 1. The topological polar surface area (TPSA) is 83.9 Å². The summed E-state index contributed by atoms with van der Waals surface area (Å²) in [4.78, 5) is 36.7. The van der Waals surface area contributed by atoms with Gasteiger partial charge in [0.2, 0.25) is 0 Å². The lowest BCUT2D eigenvalue weighted by atomic mass is 9.73. The Labute approximate surface area is 141 Å². The van der Waals surface area contributed by atoms with Gasteiger partial charge in [0.15, 0.2) is 5.78 Å². The van der Waals surface area contributed by atoms with Crippen LogP contribution in [-0.4, -0.2) is 28.7 Å². The summed E-state index contributed by atoms with van der Waals surface area (Å²) in [6.45, 7) is 8.79. The second kappa shape index (κ2) is 5.92. The highest BCUT2D eigenvalue weighted by Gasteiger charge is 2.35. The SMILES string of the molecule is CC(C)(C)OC(=O)N(C(=O)O)c1ccc2c(c1)CCC(C)(C)C2=O. The Bertz CT molecular complexity index is 700. The van der Waals surface area contributed by atoms with Gasteiger partial charge in [-0.15, -0.1) is 0 Å². The number of imide groups is 1. The molecule has 0 heterocycles. The van der Waals surface area contributed by atoms with Crippen molar-refractivity contribution in [3.63, 3.8) is 0 Å². The van der Waals surface area contributed by atoms with Crippen LogP contribution in [0.1, 0.15) is 57.0 Å².